The first-order valence-electron chi connectivity index (χ1n) is 10.1. The summed E-state index contributed by atoms with van der Waals surface area (Å²) in [6, 6.07) is 13.8. The molecule has 2 amide bonds. The summed E-state index contributed by atoms with van der Waals surface area (Å²) in [6.45, 7) is 10.2. The van der Waals surface area contributed by atoms with Crippen LogP contribution in [-0.2, 0) is 21.9 Å². The van der Waals surface area contributed by atoms with Gasteiger partial charge in [-0.15, -0.1) is 11.8 Å². The number of thioether (sulfide) groups is 1. The zero-order valence-electron chi connectivity index (χ0n) is 18.4. The maximum absolute atomic E-state index is 13.1. The first-order chi connectivity index (χ1) is 14.2. The van der Waals surface area contributed by atoms with Crippen LogP contribution in [0, 0.1) is 13.8 Å². The average Bonchev–Trinajstić information content (AvgIpc) is 2.64. The lowest BCUT2D eigenvalue weighted by atomic mass is 10.1. The topological polar surface area (TPSA) is 49.4 Å². The summed E-state index contributed by atoms with van der Waals surface area (Å²) in [6.07, 6.45) is 0. The fraction of sp³-hybridized carbons (Fsp3) is 0.417. The van der Waals surface area contributed by atoms with Crippen LogP contribution < -0.4 is 5.32 Å². The number of nitrogens with zero attached hydrogens (tertiary/aromatic N) is 1. The SMILES string of the molecule is Cc1cc(C)cc(CSCC(=O)N(Cc2cccc(Br)c2)[C@H](C)C(=O)NC(C)C)c1. The molecule has 0 heterocycles. The zero-order chi connectivity index (χ0) is 22.3. The van der Waals surface area contributed by atoms with Crippen LogP contribution in [0.5, 0.6) is 0 Å². The summed E-state index contributed by atoms with van der Waals surface area (Å²) in [7, 11) is 0. The summed E-state index contributed by atoms with van der Waals surface area (Å²) in [5.41, 5.74) is 4.66. The van der Waals surface area contributed by atoms with Crippen molar-refractivity contribution in [3.05, 3.63) is 69.2 Å². The molecule has 0 saturated heterocycles. The highest BCUT2D eigenvalue weighted by Gasteiger charge is 2.26. The Bertz CT molecular complexity index is 865. The normalized spacial score (nSPS) is 12.0. The molecule has 0 spiro atoms. The molecule has 0 aromatic heterocycles. The van der Waals surface area contributed by atoms with Gasteiger partial charge in [0.2, 0.25) is 11.8 Å². The Balaban J connectivity index is 2.09. The van der Waals surface area contributed by atoms with E-state index in [9.17, 15) is 9.59 Å². The lowest BCUT2D eigenvalue weighted by Crippen LogP contribution is -2.49. The molecule has 0 radical (unpaired) electrons. The van der Waals surface area contributed by atoms with E-state index in [4.69, 9.17) is 0 Å². The van der Waals surface area contributed by atoms with Gasteiger partial charge in [0.15, 0.2) is 0 Å². The van der Waals surface area contributed by atoms with Crippen molar-refractivity contribution >= 4 is 39.5 Å². The summed E-state index contributed by atoms with van der Waals surface area (Å²) < 4.78 is 0.955. The first-order valence-corrected chi connectivity index (χ1v) is 12.1. The van der Waals surface area contributed by atoms with E-state index in [0.29, 0.717) is 12.3 Å². The second-order valence-electron chi connectivity index (χ2n) is 7.98. The molecular weight excluding hydrogens is 460 g/mol. The van der Waals surface area contributed by atoms with E-state index in [-0.39, 0.29) is 17.9 Å². The zero-order valence-corrected chi connectivity index (χ0v) is 20.8. The van der Waals surface area contributed by atoms with Gasteiger partial charge in [-0.3, -0.25) is 9.59 Å². The lowest BCUT2D eigenvalue weighted by Gasteiger charge is -2.29. The van der Waals surface area contributed by atoms with Crippen molar-refractivity contribution in [3.63, 3.8) is 0 Å². The lowest BCUT2D eigenvalue weighted by molar-refractivity contribution is -0.138. The number of hydrogen-bond donors (Lipinski definition) is 1. The van der Waals surface area contributed by atoms with Gasteiger partial charge in [-0.25, -0.2) is 0 Å². The van der Waals surface area contributed by atoms with Crippen LogP contribution >= 0.6 is 27.7 Å². The minimum absolute atomic E-state index is 0.0294. The van der Waals surface area contributed by atoms with Gasteiger partial charge in [0.05, 0.1) is 5.75 Å². The Hall–Kier alpha value is -1.79. The summed E-state index contributed by atoms with van der Waals surface area (Å²) in [4.78, 5) is 27.4. The average molecular weight is 491 g/mol. The van der Waals surface area contributed by atoms with Crippen LogP contribution in [0.2, 0.25) is 0 Å². The molecule has 0 saturated carbocycles. The number of halogens is 1. The standard InChI is InChI=1S/C24H31BrN2O2S/c1-16(2)26-24(29)19(5)27(13-20-7-6-8-22(25)12-20)23(28)15-30-14-21-10-17(3)9-18(4)11-21/h6-12,16,19H,13-15H2,1-5H3,(H,26,29)/t19-/m1/s1. The molecule has 4 nitrogen and oxygen atoms in total. The maximum atomic E-state index is 13.1. The van der Waals surface area contributed by atoms with Crippen molar-refractivity contribution in [2.45, 2.75) is 59.0 Å². The molecule has 0 aliphatic heterocycles. The van der Waals surface area contributed by atoms with Crippen LogP contribution in [-0.4, -0.2) is 34.6 Å². The Kier molecular flexibility index (Phi) is 9.43. The predicted molar refractivity (Wildman–Crippen MR) is 130 cm³/mol. The molecule has 162 valence electrons. The molecule has 0 aliphatic carbocycles. The molecular formula is C24H31BrN2O2S. The first kappa shape index (κ1) is 24.5. The molecule has 0 bridgehead atoms. The van der Waals surface area contributed by atoms with Crippen molar-refractivity contribution in [1.29, 1.82) is 0 Å². The van der Waals surface area contributed by atoms with Gasteiger partial charge in [0.25, 0.3) is 0 Å². The van der Waals surface area contributed by atoms with E-state index in [1.165, 1.54) is 16.7 Å². The van der Waals surface area contributed by atoms with Crippen molar-refractivity contribution in [3.8, 4) is 0 Å². The number of carbonyl (C=O) groups is 2. The Morgan fingerprint density at radius 1 is 1.03 bits per heavy atom. The van der Waals surface area contributed by atoms with Gasteiger partial charge in [-0.1, -0.05) is 57.4 Å². The third-order valence-electron chi connectivity index (χ3n) is 4.62. The van der Waals surface area contributed by atoms with Crippen LogP contribution in [0.3, 0.4) is 0 Å². The number of rotatable bonds is 9. The third-order valence-corrected chi connectivity index (χ3v) is 6.10. The third kappa shape index (κ3) is 7.80. The van der Waals surface area contributed by atoms with Crippen molar-refractivity contribution in [2.24, 2.45) is 0 Å². The largest absolute Gasteiger partial charge is 0.352 e. The van der Waals surface area contributed by atoms with Crippen molar-refractivity contribution in [1.82, 2.24) is 10.2 Å². The number of benzene rings is 2. The molecule has 1 N–H and O–H groups in total. The fourth-order valence-electron chi connectivity index (χ4n) is 3.31. The van der Waals surface area contributed by atoms with Gasteiger partial charge in [-0.2, -0.15) is 0 Å². The monoisotopic (exact) mass is 490 g/mol. The van der Waals surface area contributed by atoms with Crippen molar-refractivity contribution in [2.75, 3.05) is 5.75 Å². The molecule has 2 rings (SSSR count). The highest BCUT2D eigenvalue weighted by atomic mass is 79.9. The maximum Gasteiger partial charge on any atom is 0.242 e. The molecule has 2 aromatic rings. The van der Waals surface area contributed by atoms with Crippen LogP contribution in [0.4, 0.5) is 0 Å². The Morgan fingerprint density at radius 2 is 1.70 bits per heavy atom. The molecule has 30 heavy (non-hydrogen) atoms. The summed E-state index contributed by atoms with van der Waals surface area (Å²) >= 11 is 5.07. The van der Waals surface area contributed by atoms with E-state index in [2.05, 4.69) is 53.3 Å². The van der Waals surface area contributed by atoms with Gasteiger partial charge in [0.1, 0.15) is 6.04 Å². The fourth-order valence-corrected chi connectivity index (χ4v) is 4.60. The number of hydrogen-bond acceptors (Lipinski definition) is 3. The summed E-state index contributed by atoms with van der Waals surface area (Å²) in [5, 5.41) is 2.92. The molecule has 2 aromatic carbocycles. The molecule has 1 atom stereocenters. The molecule has 6 heteroatoms. The summed E-state index contributed by atoms with van der Waals surface area (Å²) in [5.74, 6) is 0.940. The van der Waals surface area contributed by atoms with Gasteiger partial charge >= 0.3 is 0 Å². The van der Waals surface area contributed by atoms with Crippen molar-refractivity contribution < 1.29 is 9.59 Å². The smallest absolute Gasteiger partial charge is 0.242 e. The van der Waals surface area contributed by atoms with E-state index < -0.39 is 6.04 Å². The Labute approximate surface area is 192 Å². The van der Waals surface area contributed by atoms with Gasteiger partial charge < -0.3 is 10.2 Å². The molecule has 0 unspecified atom stereocenters. The van der Waals surface area contributed by atoms with Crippen LogP contribution in [0.15, 0.2) is 46.9 Å². The molecule has 0 fully saturated rings. The minimum atomic E-state index is -0.541. The Morgan fingerprint density at radius 3 is 2.30 bits per heavy atom. The van der Waals surface area contributed by atoms with E-state index in [0.717, 1.165) is 15.8 Å². The number of aryl methyl sites for hydroxylation is 2. The van der Waals surface area contributed by atoms with Crippen LogP contribution in [0.25, 0.3) is 0 Å². The second-order valence-corrected chi connectivity index (χ2v) is 9.88. The number of nitrogens with one attached hydrogen (secondary N) is 1. The van der Waals surface area contributed by atoms with Crippen LogP contribution in [0.1, 0.15) is 43.0 Å². The second kappa shape index (κ2) is 11.6. The quantitative estimate of drug-likeness (QED) is 0.522. The molecule has 0 aliphatic rings. The minimum Gasteiger partial charge on any atom is -0.352 e. The number of carbonyl (C=O) groups excluding carboxylic acids is 2. The predicted octanol–water partition coefficient (Wildman–Crippen LogP) is 5.24. The van der Waals surface area contributed by atoms with Gasteiger partial charge in [0, 0.05) is 22.8 Å². The van der Waals surface area contributed by atoms with E-state index in [1.807, 2.05) is 38.1 Å². The number of amides is 2. The highest BCUT2D eigenvalue weighted by molar-refractivity contribution is 9.10. The van der Waals surface area contributed by atoms with Gasteiger partial charge in [-0.05, 0) is 57.9 Å². The van der Waals surface area contributed by atoms with E-state index >= 15 is 0 Å². The van der Waals surface area contributed by atoms with E-state index in [1.54, 1.807) is 23.6 Å². The highest BCUT2D eigenvalue weighted by Crippen LogP contribution is 2.19.